The van der Waals surface area contributed by atoms with E-state index in [1.165, 1.54) is 0 Å². The molecule has 0 heterocycles. The summed E-state index contributed by atoms with van der Waals surface area (Å²) in [5, 5.41) is 51.8. The Balaban J connectivity index is -0.0000000131. The molecule has 0 spiro atoms. The van der Waals surface area contributed by atoms with Gasteiger partial charge in [0.2, 0.25) is 0 Å². The number of carboxylic acid groups (broad SMARTS) is 1. The molecular weight excluding hydrogens is 367 g/mol. The average Bonchev–Trinajstić information content (AvgIpc) is 2.12. The van der Waals surface area contributed by atoms with Gasteiger partial charge in [-0.15, -0.1) is 0 Å². The van der Waals surface area contributed by atoms with E-state index in [1.807, 2.05) is 0 Å². The van der Waals surface area contributed by atoms with Crippen LogP contribution in [0.15, 0.2) is 0 Å². The first-order valence-corrected chi connectivity index (χ1v) is 3.47. The van der Waals surface area contributed by atoms with E-state index in [0.29, 0.717) is 0 Å². The molecule has 160 valence electrons. The quantitative estimate of drug-likeness (QED) is 0.241. The number of carboxylic acids is 1. The normalized spacial score (nSPS) is 11.0. The van der Waals surface area contributed by atoms with E-state index < -0.39 is 37.0 Å². The Bertz CT molecular complexity index is 182. The zero-order chi connectivity index (χ0) is 10.6. The predicted octanol–water partition coefficient (Wildman–Crippen LogP) is -12.4. The van der Waals surface area contributed by atoms with Gasteiger partial charge in [-0.05, 0) is 0 Å². The second-order valence-corrected chi connectivity index (χ2v) is 2.51. The van der Waals surface area contributed by atoms with Crippen molar-refractivity contribution >= 4 is 35.5 Å². The molecular formula is C6H33NaO17. The van der Waals surface area contributed by atoms with Crippen LogP contribution in [0.25, 0.3) is 0 Å². The van der Waals surface area contributed by atoms with Crippen molar-refractivity contribution in [3.8, 4) is 0 Å². The first kappa shape index (κ1) is 88.6. The molecule has 0 unspecified atom stereocenters. The maximum absolute atomic E-state index is 10.1. The molecule has 0 rings (SSSR count). The van der Waals surface area contributed by atoms with Gasteiger partial charge in [0.1, 0.15) is 18.3 Å². The number of aliphatic hydroxyl groups is 5. The van der Waals surface area contributed by atoms with Crippen molar-refractivity contribution in [2.45, 2.75) is 24.4 Å². The van der Waals surface area contributed by atoms with Gasteiger partial charge in [-0.2, -0.15) is 0 Å². The van der Waals surface area contributed by atoms with E-state index in [2.05, 4.69) is 0 Å². The van der Waals surface area contributed by atoms with Crippen LogP contribution in [0.3, 0.4) is 0 Å². The summed E-state index contributed by atoms with van der Waals surface area (Å²) >= 11 is 0. The van der Waals surface area contributed by atoms with Crippen molar-refractivity contribution in [3.05, 3.63) is 0 Å². The Hall–Kier alpha value is -0.130. The first-order valence-electron chi connectivity index (χ1n) is 3.47. The molecule has 24 heavy (non-hydrogen) atoms. The van der Waals surface area contributed by atoms with E-state index in [-0.39, 0.29) is 84.3 Å². The number of rotatable bonds is 5. The Labute approximate surface area is 157 Å². The van der Waals surface area contributed by atoms with Gasteiger partial charge in [0.05, 0.1) is 6.61 Å². The molecule has 0 saturated carbocycles. The van der Waals surface area contributed by atoms with Crippen molar-refractivity contribution in [2.24, 2.45) is 0 Å². The molecule has 0 radical (unpaired) electrons. The molecule has 18 heteroatoms. The van der Waals surface area contributed by atoms with E-state index >= 15 is 0 Å². The van der Waals surface area contributed by atoms with Crippen LogP contribution in [0, 0.1) is 0 Å². The number of hydrogen-bond acceptors (Lipinski definition) is 6. The van der Waals surface area contributed by atoms with Crippen molar-refractivity contribution in [1.82, 2.24) is 0 Å². The van der Waals surface area contributed by atoms with Crippen molar-refractivity contribution < 1.29 is 90.2 Å². The summed E-state index contributed by atoms with van der Waals surface area (Å²) in [5.41, 5.74) is 0. The molecule has 0 fully saturated rings. The maximum atomic E-state index is 10.1. The fourth-order valence-electron chi connectivity index (χ4n) is 0.668. The Kier molecular flexibility index (Phi) is 160. The van der Waals surface area contributed by atoms with Gasteiger partial charge in [0.25, 0.3) is 0 Å². The van der Waals surface area contributed by atoms with Gasteiger partial charge in [-0.3, -0.25) is 0 Å². The zero-order valence-corrected chi connectivity index (χ0v) is 11.6. The second kappa shape index (κ2) is 43.4. The molecule has 0 amide bonds. The third-order valence-corrected chi connectivity index (χ3v) is 1.51. The third kappa shape index (κ3) is 29.8. The van der Waals surface area contributed by atoms with Crippen LogP contribution in [0.1, 0.15) is 0 Å². The molecule has 0 aromatic heterocycles. The van der Waals surface area contributed by atoms with E-state index in [1.54, 1.807) is 0 Å². The summed E-state index contributed by atoms with van der Waals surface area (Å²) in [4.78, 5) is 10.1. The Morgan fingerprint density at radius 1 is 0.667 bits per heavy atom. The summed E-state index contributed by atoms with van der Waals surface area (Å²) in [6.45, 7) is -0.843. The molecule has 0 aliphatic heterocycles. The van der Waals surface area contributed by atoms with Crippen molar-refractivity contribution in [3.63, 3.8) is 0 Å². The van der Waals surface area contributed by atoms with Gasteiger partial charge in [0.15, 0.2) is 6.10 Å². The first-order chi connectivity index (χ1) is 5.91. The van der Waals surface area contributed by atoms with E-state index in [9.17, 15) is 4.79 Å². The predicted molar refractivity (Wildman–Crippen MR) is 82.0 cm³/mol. The van der Waals surface area contributed by atoms with Crippen LogP contribution in [-0.2, 0) is 4.79 Å². The second-order valence-electron chi connectivity index (χ2n) is 2.51. The summed E-state index contributed by atoms with van der Waals surface area (Å²) in [6.07, 6.45) is -7.84. The minimum atomic E-state index is -2.20. The molecule has 4 atom stereocenters. The molecule has 17 nitrogen and oxygen atoms in total. The average molecular weight is 400 g/mol. The molecule has 0 aromatic carbocycles. The summed E-state index contributed by atoms with van der Waals surface area (Å²) in [6, 6.07) is 0. The topological polar surface area (TPSA) is 453 Å². The van der Waals surface area contributed by atoms with Gasteiger partial charge in [-0.1, -0.05) is 0 Å². The number of aliphatic hydroxyl groups excluding tert-OH is 5. The van der Waals surface area contributed by atoms with Crippen molar-refractivity contribution in [1.29, 1.82) is 0 Å². The number of aliphatic carboxylic acids is 1. The van der Waals surface area contributed by atoms with Crippen LogP contribution in [-0.4, -0.2) is 152 Å². The summed E-state index contributed by atoms with van der Waals surface area (Å²) in [7, 11) is 0. The fourth-order valence-corrected chi connectivity index (χ4v) is 0.668. The molecule has 0 aliphatic rings. The van der Waals surface area contributed by atoms with Crippen LogP contribution >= 0.6 is 0 Å². The summed E-state index contributed by atoms with van der Waals surface area (Å²) < 4.78 is 0. The third-order valence-electron chi connectivity index (χ3n) is 1.51. The molecule has 0 aromatic rings. The van der Waals surface area contributed by atoms with Gasteiger partial charge >= 0.3 is 35.5 Å². The van der Waals surface area contributed by atoms with Crippen molar-refractivity contribution in [2.75, 3.05) is 6.61 Å². The molecule has 26 N–H and O–H groups in total. The fraction of sp³-hybridized carbons (Fsp3) is 0.833. The molecule has 0 aliphatic carbocycles. The monoisotopic (exact) mass is 400 g/mol. The number of hydrogen-bond donors (Lipinski definition) is 6. The zero-order valence-electron chi connectivity index (χ0n) is 11.6. The minimum absolute atomic E-state index is 0. The Morgan fingerprint density at radius 2 is 0.917 bits per heavy atom. The molecule has 0 bridgehead atoms. The van der Waals surface area contributed by atoms with Gasteiger partial charge in [-0.25, -0.2) is 4.79 Å². The Morgan fingerprint density at radius 3 is 1.08 bits per heavy atom. The summed E-state index contributed by atoms with van der Waals surface area (Å²) in [5.74, 6) is -1.73. The van der Waals surface area contributed by atoms with E-state index in [4.69, 9.17) is 30.6 Å². The van der Waals surface area contributed by atoms with Crippen LogP contribution < -0.4 is 0 Å². The van der Waals surface area contributed by atoms with Gasteiger partial charge < -0.3 is 85.4 Å². The standard InChI is InChI=1S/C6H12O7.Na.10H2O.H/c7-1-2(8)3(9)4(10)5(11)6(12)13;;;;;;;;;;;;/h2-5,7-11H,1H2,(H,12,13);;10*1H2;/t2-,3-,4+,5-;;;;;;;;;;;;/m1............/s1. The van der Waals surface area contributed by atoms with Crippen LogP contribution in [0.4, 0.5) is 0 Å². The molecule has 0 saturated heterocycles. The van der Waals surface area contributed by atoms with E-state index in [0.717, 1.165) is 0 Å². The number of carbonyl (C=O) groups is 1. The van der Waals surface area contributed by atoms with Crippen LogP contribution in [0.5, 0.6) is 0 Å². The van der Waals surface area contributed by atoms with Gasteiger partial charge in [0, 0.05) is 0 Å². The van der Waals surface area contributed by atoms with Crippen LogP contribution in [0.2, 0.25) is 0 Å². The SMILES string of the molecule is O.O.O.O.O.O.O.O.O.O.O=C(O)[C@H](O)[C@@H](O)[C@H](O)[C@H](O)CO.[NaH].